The molecule has 0 aliphatic heterocycles. The molecule has 0 radical (unpaired) electrons. The Balaban J connectivity index is 3.15. The largest absolute Gasteiger partial charge is 0.416 e. The monoisotopic (exact) mass is 219 g/mol. The maximum absolute atomic E-state index is 13.2. The van der Waals surface area contributed by atoms with Gasteiger partial charge in [-0.15, -0.1) is 0 Å². The molecule has 0 aromatic heterocycles. The van der Waals surface area contributed by atoms with Gasteiger partial charge in [-0.3, -0.25) is 0 Å². The van der Waals surface area contributed by atoms with E-state index in [-0.39, 0.29) is 17.7 Å². The van der Waals surface area contributed by atoms with Gasteiger partial charge in [0.05, 0.1) is 5.56 Å². The van der Waals surface area contributed by atoms with Gasteiger partial charge in [-0.2, -0.15) is 13.2 Å². The molecule has 0 atom stereocenters. The van der Waals surface area contributed by atoms with E-state index in [1.165, 1.54) is 0 Å². The van der Waals surface area contributed by atoms with Gasteiger partial charge in [0.1, 0.15) is 5.82 Å². The highest BCUT2D eigenvalue weighted by molar-refractivity contribution is 5.65. The highest BCUT2D eigenvalue weighted by Gasteiger charge is 2.31. The standard InChI is InChI=1S/C10H9F4N/c1-6(5-15)8-3-2-7(4-9(8)11)10(12,13)14/h2-4H,1,5,15H2. The van der Waals surface area contributed by atoms with Crippen LogP contribution in [-0.4, -0.2) is 6.54 Å². The molecule has 0 bridgehead atoms. The maximum Gasteiger partial charge on any atom is 0.416 e. The van der Waals surface area contributed by atoms with Crippen LogP contribution < -0.4 is 5.73 Å². The van der Waals surface area contributed by atoms with Crippen molar-refractivity contribution in [3.63, 3.8) is 0 Å². The second-order valence-corrected chi connectivity index (χ2v) is 3.00. The summed E-state index contributed by atoms with van der Waals surface area (Å²) in [4.78, 5) is 0. The minimum Gasteiger partial charge on any atom is -0.326 e. The van der Waals surface area contributed by atoms with Crippen LogP contribution in [-0.2, 0) is 6.18 Å². The lowest BCUT2D eigenvalue weighted by Gasteiger charge is -2.09. The molecule has 82 valence electrons. The summed E-state index contributed by atoms with van der Waals surface area (Å²) in [5.41, 5.74) is 4.47. The molecule has 0 amide bonds. The van der Waals surface area contributed by atoms with Gasteiger partial charge in [0.25, 0.3) is 0 Å². The SMILES string of the molecule is C=C(CN)c1ccc(C(F)(F)F)cc1F. The van der Waals surface area contributed by atoms with Crippen LogP contribution in [0.3, 0.4) is 0 Å². The minimum atomic E-state index is -4.54. The first kappa shape index (κ1) is 11.7. The fourth-order valence-corrected chi connectivity index (χ4v) is 1.09. The number of rotatable bonds is 2. The smallest absolute Gasteiger partial charge is 0.326 e. The van der Waals surface area contributed by atoms with Crippen molar-refractivity contribution < 1.29 is 17.6 Å². The van der Waals surface area contributed by atoms with E-state index >= 15 is 0 Å². The predicted octanol–water partition coefficient (Wildman–Crippen LogP) is 2.82. The molecular weight excluding hydrogens is 210 g/mol. The molecule has 1 aromatic rings. The molecule has 1 aromatic carbocycles. The molecule has 2 N–H and O–H groups in total. The molecule has 0 fully saturated rings. The number of hydrogen-bond donors (Lipinski definition) is 1. The maximum atomic E-state index is 13.2. The lowest BCUT2D eigenvalue weighted by Crippen LogP contribution is -2.07. The third-order valence-corrected chi connectivity index (χ3v) is 1.92. The van der Waals surface area contributed by atoms with E-state index < -0.39 is 17.6 Å². The Morgan fingerprint density at radius 2 is 1.93 bits per heavy atom. The Morgan fingerprint density at radius 3 is 2.33 bits per heavy atom. The molecule has 0 saturated heterocycles. The second kappa shape index (κ2) is 4.02. The molecule has 1 nitrogen and oxygen atoms in total. The molecule has 0 spiro atoms. The van der Waals surface area contributed by atoms with Gasteiger partial charge in [0.2, 0.25) is 0 Å². The van der Waals surface area contributed by atoms with Crippen LogP contribution in [0.4, 0.5) is 17.6 Å². The quantitative estimate of drug-likeness (QED) is 0.760. The molecule has 5 heteroatoms. The van der Waals surface area contributed by atoms with Crippen molar-refractivity contribution in [2.75, 3.05) is 6.54 Å². The third kappa shape index (κ3) is 2.56. The van der Waals surface area contributed by atoms with E-state index in [1.54, 1.807) is 0 Å². The van der Waals surface area contributed by atoms with Crippen LogP contribution in [0.25, 0.3) is 5.57 Å². The summed E-state index contributed by atoms with van der Waals surface area (Å²) in [6, 6.07) is 2.28. The molecule has 0 aliphatic rings. The van der Waals surface area contributed by atoms with Gasteiger partial charge in [-0.05, 0) is 17.7 Å². The Labute approximate surface area is 84.2 Å². The summed E-state index contributed by atoms with van der Waals surface area (Å²) in [5.74, 6) is -0.958. The van der Waals surface area contributed by atoms with Crippen LogP contribution in [0.5, 0.6) is 0 Å². The van der Waals surface area contributed by atoms with Gasteiger partial charge in [0, 0.05) is 12.1 Å². The van der Waals surface area contributed by atoms with Crippen LogP contribution in [0, 0.1) is 5.82 Å². The summed E-state index contributed by atoms with van der Waals surface area (Å²) in [6.07, 6.45) is -4.54. The number of benzene rings is 1. The molecule has 15 heavy (non-hydrogen) atoms. The van der Waals surface area contributed by atoms with Crippen LogP contribution >= 0.6 is 0 Å². The highest BCUT2D eigenvalue weighted by atomic mass is 19.4. The van der Waals surface area contributed by atoms with Gasteiger partial charge >= 0.3 is 6.18 Å². The van der Waals surface area contributed by atoms with Crippen molar-refractivity contribution >= 4 is 5.57 Å². The highest BCUT2D eigenvalue weighted by Crippen LogP contribution is 2.31. The first-order valence-electron chi connectivity index (χ1n) is 4.11. The Hall–Kier alpha value is -1.36. The van der Waals surface area contributed by atoms with Crippen molar-refractivity contribution in [2.24, 2.45) is 5.73 Å². The van der Waals surface area contributed by atoms with Crippen molar-refractivity contribution in [2.45, 2.75) is 6.18 Å². The third-order valence-electron chi connectivity index (χ3n) is 1.92. The molecule has 0 unspecified atom stereocenters. The molecule has 1 rings (SSSR count). The summed E-state index contributed by atoms with van der Waals surface area (Å²) >= 11 is 0. The van der Waals surface area contributed by atoms with Crippen molar-refractivity contribution in [3.05, 3.63) is 41.7 Å². The lowest BCUT2D eigenvalue weighted by atomic mass is 10.0. The summed E-state index contributed by atoms with van der Waals surface area (Å²) in [6.45, 7) is 3.45. The fourth-order valence-electron chi connectivity index (χ4n) is 1.09. The Morgan fingerprint density at radius 1 is 1.33 bits per heavy atom. The minimum absolute atomic E-state index is 0.00227. The predicted molar refractivity (Wildman–Crippen MR) is 49.5 cm³/mol. The van der Waals surface area contributed by atoms with Crippen molar-refractivity contribution in [1.82, 2.24) is 0 Å². The zero-order valence-corrected chi connectivity index (χ0v) is 7.74. The van der Waals surface area contributed by atoms with Crippen LogP contribution in [0.15, 0.2) is 24.8 Å². The number of hydrogen-bond acceptors (Lipinski definition) is 1. The number of halogens is 4. The molecule has 0 aliphatic carbocycles. The van der Waals surface area contributed by atoms with Crippen LogP contribution in [0.2, 0.25) is 0 Å². The van der Waals surface area contributed by atoms with Crippen molar-refractivity contribution in [3.8, 4) is 0 Å². The average Bonchev–Trinajstić information content (AvgIpc) is 2.15. The van der Waals surface area contributed by atoms with Crippen LogP contribution in [0.1, 0.15) is 11.1 Å². The normalized spacial score (nSPS) is 11.5. The number of nitrogens with two attached hydrogens (primary N) is 1. The topological polar surface area (TPSA) is 26.0 Å². The molecule has 0 heterocycles. The van der Waals surface area contributed by atoms with E-state index in [1.807, 2.05) is 0 Å². The first-order valence-corrected chi connectivity index (χ1v) is 4.11. The Kier molecular flexibility index (Phi) is 3.14. The lowest BCUT2D eigenvalue weighted by molar-refractivity contribution is -0.137. The Bertz CT molecular complexity index is 381. The zero-order chi connectivity index (χ0) is 11.6. The summed E-state index contributed by atoms with van der Waals surface area (Å²) in [5, 5.41) is 0. The second-order valence-electron chi connectivity index (χ2n) is 3.00. The zero-order valence-electron chi connectivity index (χ0n) is 7.74. The average molecular weight is 219 g/mol. The van der Waals surface area contributed by atoms with Crippen molar-refractivity contribution in [1.29, 1.82) is 0 Å². The van der Waals surface area contributed by atoms with E-state index in [4.69, 9.17) is 5.73 Å². The van der Waals surface area contributed by atoms with E-state index in [0.29, 0.717) is 6.07 Å². The fraction of sp³-hybridized carbons (Fsp3) is 0.200. The van der Waals surface area contributed by atoms with Gasteiger partial charge < -0.3 is 5.73 Å². The van der Waals surface area contributed by atoms with Gasteiger partial charge in [-0.1, -0.05) is 12.6 Å². The summed E-state index contributed by atoms with van der Waals surface area (Å²) in [7, 11) is 0. The number of alkyl halides is 3. The first-order chi connectivity index (χ1) is 6.86. The summed E-state index contributed by atoms with van der Waals surface area (Å²) < 4.78 is 49.7. The van der Waals surface area contributed by atoms with E-state index in [0.717, 1.165) is 12.1 Å². The molecule has 0 saturated carbocycles. The molecular formula is C10H9F4N. The van der Waals surface area contributed by atoms with Gasteiger partial charge in [-0.25, -0.2) is 4.39 Å². The van der Waals surface area contributed by atoms with E-state index in [9.17, 15) is 17.6 Å². The van der Waals surface area contributed by atoms with Gasteiger partial charge in [0.15, 0.2) is 0 Å². The van der Waals surface area contributed by atoms with E-state index in [2.05, 4.69) is 6.58 Å².